The van der Waals surface area contributed by atoms with E-state index in [-0.39, 0.29) is 15.7 Å². The second kappa shape index (κ2) is 6.69. The van der Waals surface area contributed by atoms with E-state index in [9.17, 15) is 13.2 Å². The zero-order valence-electron chi connectivity index (χ0n) is 15.2. The predicted molar refractivity (Wildman–Crippen MR) is 104 cm³/mol. The van der Waals surface area contributed by atoms with Crippen molar-refractivity contribution in [3.05, 3.63) is 72.3 Å². The number of carbonyl (C=O) groups excluding carboxylic acids is 1. The van der Waals surface area contributed by atoms with Crippen molar-refractivity contribution in [2.75, 3.05) is 19.1 Å². The van der Waals surface area contributed by atoms with Crippen LogP contribution in [0, 0.1) is 0 Å². The number of rotatable bonds is 3. The molecule has 7 heteroatoms. The van der Waals surface area contributed by atoms with Crippen LogP contribution in [0.4, 0.5) is 11.4 Å². The highest BCUT2D eigenvalue weighted by atomic mass is 32.2. The largest absolute Gasteiger partial charge is 0.497 e. The summed E-state index contributed by atoms with van der Waals surface area (Å²) in [4.78, 5) is 15.1. The van der Waals surface area contributed by atoms with Gasteiger partial charge in [0.15, 0.2) is 0 Å². The summed E-state index contributed by atoms with van der Waals surface area (Å²) in [5.41, 5.74) is 0.945. The third kappa shape index (κ3) is 2.71. The summed E-state index contributed by atoms with van der Waals surface area (Å²) in [5, 5.41) is 0. The maximum absolute atomic E-state index is 13.5. The van der Waals surface area contributed by atoms with Crippen LogP contribution in [0.1, 0.15) is 10.4 Å². The Morgan fingerprint density at radius 2 is 1.25 bits per heavy atom. The molecule has 0 N–H and O–H groups in total. The Labute approximate surface area is 162 Å². The lowest BCUT2D eigenvalue weighted by molar-refractivity contribution is 0.0997. The molecule has 6 nitrogen and oxygen atoms in total. The van der Waals surface area contributed by atoms with Crippen LogP contribution in [0.15, 0.2) is 76.5 Å². The maximum Gasteiger partial charge on any atom is 0.263 e. The molecule has 142 valence electrons. The first-order valence-corrected chi connectivity index (χ1v) is 9.96. The van der Waals surface area contributed by atoms with E-state index in [1.807, 2.05) is 0 Å². The number of anilines is 2. The zero-order valence-corrected chi connectivity index (χ0v) is 16.1. The van der Waals surface area contributed by atoms with E-state index in [1.165, 1.54) is 31.3 Å². The van der Waals surface area contributed by atoms with E-state index in [1.54, 1.807) is 54.6 Å². The molecule has 3 aromatic rings. The van der Waals surface area contributed by atoms with Crippen LogP contribution in [0.5, 0.6) is 11.5 Å². The first-order chi connectivity index (χ1) is 13.5. The minimum Gasteiger partial charge on any atom is -0.497 e. The summed E-state index contributed by atoms with van der Waals surface area (Å²) >= 11 is 0. The van der Waals surface area contributed by atoms with Crippen LogP contribution in [-0.4, -0.2) is 28.5 Å². The second-order valence-electron chi connectivity index (χ2n) is 6.18. The van der Waals surface area contributed by atoms with Crippen molar-refractivity contribution in [2.45, 2.75) is 9.79 Å². The van der Waals surface area contributed by atoms with Gasteiger partial charge < -0.3 is 9.47 Å². The van der Waals surface area contributed by atoms with Crippen LogP contribution in [0.2, 0.25) is 0 Å². The average Bonchev–Trinajstić information content (AvgIpc) is 2.73. The highest BCUT2D eigenvalue weighted by molar-refractivity contribution is 7.92. The Morgan fingerprint density at radius 1 is 0.786 bits per heavy atom. The van der Waals surface area contributed by atoms with Crippen LogP contribution < -0.4 is 14.4 Å². The Bertz CT molecular complexity index is 1110. The number of benzene rings is 3. The molecular formula is C21H17NO5S. The van der Waals surface area contributed by atoms with Gasteiger partial charge in [-0.25, -0.2) is 8.42 Å². The van der Waals surface area contributed by atoms with Gasteiger partial charge >= 0.3 is 0 Å². The second-order valence-corrected chi connectivity index (χ2v) is 8.07. The Balaban J connectivity index is 1.95. The minimum absolute atomic E-state index is 0.0944. The molecule has 0 bridgehead atoms. The minimum atomic E-state index is -3.72. The van der Waals surface area contributed by atoms with E-state index < -0.39 is 9.84 Å². The number of sulfone groups is 1. The van der Waals surface area contributed by atoms with E-state index in [0.29, 0.717) is 28.4 Å². The van der Waals surface area contributed by atoms with Gasteiger partial charge in [-0.2, -0.15) is 0 Å². The average molecular weight is 395 g/mol. The Morgan fingerprint density at radius 3 is 1.71 bits per heavy atom. The summed E-state index contributed by atoms with van der Waals surface area (Å²) in [6, 6.07) is 17.8. The summed E-state index contributed by atoms with van der Waals surface area (Å²) < 4.78 is 36.6. The highest BCUT2D eigenvalue weighted by Crippen LogP contribution is 2.44. The van der Waals surface area contributed by atoms with Crippen molar-refractivity contribution in [3.8, 4) is 11.5 Å². The van der Waals surface area contributed by atoms with Crippen molar-refractivity contribution in [1.29, 1.82) is 0 Å². The van der Waals surface area contributed by atoms with Crippen molar-refractivity contribution >= 4 is 27.1 Å². The number of ether oxygens (including phenoxy) is 2. The Kier molecular flexibility index (Phi) is 4.31. The SMILES string of the molecule is COc1cc(OC)cc(C(=O)N2c3ccccc3S(=O)(=O)c3ccccc32)c1. The Hall–Kier alpha value is -3.32. The molecule has 0 unspecified atom stereocenters. The van der Waals surface area contributed by atoms with Gasteiger partial charge in [0.2, 0.25) is 9.84 Å². The summed E-state index contributed by atoms with van der Waals surface area (Å²) in [7, 11) is -0.717. The lowest BCUT2D eigenvalue weighted by Crippen LogP contribution is -2.31. The third-order valence-electron chi connectivity index (χ3n) is 4.59. The molecule has 1 aliphatic rings. The topological polar surface area (TPSA) is 72.9 Å². The fraction of sp³-hybridized carbons (Fsp3) is 0.0952. The molecule has 0 fully saturated rings. The molecule has 0 spiro atoms. The fourth-order valence-corrected chi connectivity index (χ4v) is 4.89. The van der Waals surface area contributed by atoms with Crippen molar-refractivity contribution < 1.29 is 22.7 Å². The molecule has 0 radical (unpaired) electrons. The predicted octanol–water partition coefficient (Wildman–Crippen LogP) is 3.83. The van der Waals surface area contributed by atoms with E-state index in [2.05, 4.69) is 0 Å². The summed E-state index contributed by atoms with van der Waals surface area (Å²) in [6.07, 6.45) is 0. The van der Waals surface area contributed by atoms with Crippen LogP contribution >= 0.6 is 0 Å². The van der Waals surface area contributed by atoms with Crippen LogP contribution in [-0.2, 0) is 9.84 Å². The van der Waals surface area contributed by atoms with Gasteiger partial charge in [-0.15, -0.1) is 0 Å². The number of nitrogens with zero attached hydrogens (tertiary/aromatic N) is 1. The number of hydrogen-bond acceptors (Lipinski definition) is 5. The number of fused-ring (bicyclic) bond motifs is 2. The van der Waals surface area contributed by atoms with Gasteiger partial charge in [0.05, 0.1) is 35.4 Å². The lowest BCUT2D eigenvalue weighted by atomic mass is 10.1. The van der Waals surface area contributed by atoms with Crippen LogP contribution in [0.3, 0.4) is 0 Å². The lowest BCUT2D eigenvalue weighted by Gasteiger charge is -2.31. The van der Waals surface area contributed by atoms with Crippen LogP contribution in [0.25, 0.3) is 0 Å². The van der Waals surface area contributed by atoms with Gasteiger partial charge in [-0.05, 0) is 36.4 Å². The molecule has 1 heterocycles. The van der Waals surface area contributed by atoms with Gasteiger partial charge in [0, 0.05) is 11.6 Å². The first kappa shape index (κ1) is 18.1. The molecule has 1 aliphatic heterocycles. The smallest absolute Gasteiger partial charge is 0.263 e. The molecule has 0 saturated heterocycles. The summed E-state index contributed by atoms with van der Waals surface area (Å²) in [5.74, 6) is 0.551. The van der Waals surface area contributed by atoms with Gasteiger partial charge in [-0.3, -0.25) is 9.69 Å². The molecule has 0 aromatic heterocycles. The molecule has 3 aromatic carbocycles. The van der Waals surface area contributed by atoms with Crippen molar-refractivity contribution in [2.24, 2.45) is 0 Å². The zero-order chi connectivity index (χ0) is 19.9. The monoisotopic (exact) mass is 395 g/mol. The standard InChI is InChI=1S/C21H17NO5S/c1-26-15-11-14(12-16(13-15)27-2)21(23)22-17-7-3-5-9-19(17)28(24,25)20-10-6-4-8-18(20)22/h3-13H,1-2H3. The molecule has 4 rings (SSSR count). The van der Waals surface area contributed by atoms with Gasteiger partial charge in [0.25, 0.3) is 5.91 Å². The summed E-state index contributed by atoms with van der Waals surface area (Å²) in [6.45, 7) is 0. The fourth-order valence-electron chi connectivity index (χ4n) is 3.27. The van der Waals surface area contributed by atoms with E-state index in [4.69, 9.17) is 9.47 Å². The normalized spacial score (nSPS) is 14.0. The van der Waals surface area contributed by atoms with Crippen molar-refractivity contribution in [3.63, 3.8) is 0 Å². The maximum atomic E-state index is 13.5. The third-order valence-corrected chi connectivity index (χ3v) is 6.44. The van der Waals surface area contributed by atoms with E-state index >= 15 is 0 Å². The number of carbonyl (C=O) groups is 1. The van der Waals surface area contributed by atoms with E-state index in [0.717, 1.165) is 0 Å². The molecule has 0 aliphatic carbocycles. The molecule has 0 atom stereocenters. The quantitative estimate of drug-likeness (QED) is 0.674. The molecule has 0 saturated carbocycles. The number of para-hydroxylation sites is 2. The van der Waals surface area contributed by atoms with Gasteiger partial charge in [-0.1, -0.05) is 24.3 Å². The molecule has 1 amide bonds. The molecular weight excluding hydrogens is 378 g/mol. The highest BCUT2D eigenvalue weighted by Gasteiger charge is 2.37. The number of methoxy groups -OCH3 is 2. The number of amides is 1. The van der Waals surface area contributed by atoms with Gasteiger partial charge in [0.1, 0.15) is 11.5 Å². The number of hydrogen-bond donors (Lipinski definition) is 0. The van der Waals surface area contributed by atoms with Crippen molar-refractivity contribution in [1.82, 2.24) is 0 Å². The first-order valence-electron chi connectivity index (χ1n) is 8.48. The molecule has 28 heavy (non-hydrogen) atoms.